The molecule has 0 atom stereocenters. The molecule has 1 saturated heterocycles. The Morgan fingerprint density at radius 2 is 1.96 bits per heavy atom. The van der Waals surface area contributed by atoms with E-state index in [1.165, 1.54) is 6.07 Å². The van der Waals surface area contributed by atoms with Crippen molar-refractivity contribution in [3.63, 3.8) is 0 Å². The number of alkyl halides is 4. The molecule has 0 spiro atoms. The lowest BCUT2D eigenvalue weighted by atomic mass is 10.1. The fourth-order valence-electron chi connectivity index (χ4n) is 2.80. The fraction of sp³-hybridized carbons (Fsp3) is 0.471. The molecular formula is C17H18F4N2O. The quantitative estimate of drug-likeness (QED) is 0.763. The first kappa shape index (κ1) is 17.0. The van der Waals surface area contributed by atoms with E-state index >= 15 is 0 Å². The number of nitrogens with zero attached hydrogens (tertiary/aromatic N) is 2. The van der Waals surface area contributed by atoms with Crippen LogP contribution in [0, 0.1) is 6.92 Å². The number of likely N-dealkylation sites (tertiary alicyclic amines) is 1. The van der Waals surface area contributed by atoms with Gasteiger partial charge < -0.3 is 4.42 Å². The highest BCUT2D eigenvalue weighted by Crippen LogP contribution is 2.32. The van der Waals surface area contributed by atoms with Crippen LogP contribution >= 0.6 is 0 Å². The average Bonchev–Trinajstić information content (AvgIpc) is 2.90. The van der Waals surface area contributed by atoms with Crippen molar-refractivity contribution >= 4 is 0 Å². The van der Waals surface area contributed by atoms with Gasteiger partial charge in [0.05, 0.1) is 11.3 Å². The number of benzene rings is 1. The number of aromatic nitrogens is 1. The van der Waals surface area contributed by atoms with Crippen LogP contribution in [0.4, 0.5) is 17.6 Å². The van der Waals surface area contributed by atoms with Crippen molar-refractivity contribution in [1.82, 2.24) is 9.88 Å². The summed E-state index contributed by atoms with van der Waals surface area (Å²) in [6, 6.07) is 4.92. The van der Waals surface area contributed by atoms with Gasteiger partial charge in [0.15, 0.2) is 0 Å². The van der Waals surface area contributed by atoms with E-state index in [2.05, 4.69) is 9.88 Å². The summed E-state index contributed by atoms with van der Waals surface area (Å²) < 4.78 is 57.2. The molecule has 0 unspecified atom stereocenters. The summed E-state index contributed by atoms with van der Waals surface area (Å²) >= 11 is 0. The van der Waals surface area contributed by atoms with Crippen molar-refractivity contribution in [2.75, 3.05) is 13.1 Å². The maximum Gasteiger partial charge on any atom is 0.416 e. The zero-order chi connectivity index (χ0) is 17.3. The normalized spacial score (nSPS) is 17.4. The summed E-state index contributed by atoms with van der Waals surface area (Å²) in [7, 11) is 0. The minimum absolute atomic E-state index is 0.175. The third-order valence-electron chi connectivity index (χ3n) is 4.22. The number of oxazole rings is 1. The van der Waals surface area contributed by atoms with E-state index < -0.39 is 17.9 Å². The Hall–Kier alpha value is -1.89. The van der Waals surface area contributed by atoms with Gasteiger partial charge in [-0.15, -0.1) is 0 Å². The smallest absolute Gasteiger partial charge is 0.416 e. The van der Waals surface area contributed by atoms with Crippen molar-refractivity contribution in [2.24, 2.45) is 0 Å². The Kier molecular flexibility index (Phi) is 4.62. The van der Waals surface area contributed by atoms with E-state index in [0.717, 1.165) is 12.1 Å². The van der Waals surface area contributed by atoms with Gasteiger partial charge in [0.25, 0.3) is 0 Å². The van der Waals surface area contributed by atoms with Crippen LogP contribution in [0.3, 0.4) is 0 Å². The molecule has 7 heteroatoms. The molecule has 1 aliphatic rings. The van der Waals surface area contributed by atoms with Gasteiger partial charge in [-0.25, -0.2) is 9.37 Å². The molecular weight excluding hydrogens is 324 g/mol. The van der Waals surface area contributed by atoms with E-state index in [-0.39, 0.29) is 5.89 Å². The molecule has 0 bridgehead atoms. The first-order chi connectivity index (χ1) is 11.3. The fourth-order valence-corrected chi connectivity index (χ4v) is 2.80. The van der Waals surface area contributed by atoms with E-state index in [4.69, 9.17) is 4.42 Å². The summed E-state index contributed by atoms with van der Waals surface area (Å²) in [6.07, 6.45) is -4.16. The van der Waals surface area contributed by atoms with Gasteiger partial charge in [-0.3, -0.25) is 4.90 Å². The van der Waals surface area contributed by atoms with E-state index in [1.54, 1.807) is 13.0 Å². The van der Waals surface area contributed by atoms with Gasteiger partial charge in [-0.1, -0.05) is 6.07 Å². The van der Waals surface area contributed by atoms with Crippen LogP contribution in [0.2, 0.25) is 0 Å². The van der Waals surface area contributed by atoms with Gasteiger partial charge in [0.1, 0.15) is 11.9 Å². The molecule has 1 aromatic heterocycles. The van der Waals surface area contributed by atoms with E-state index in [1.807, 2.05) is 0 Å². The minimum Gasteiger partial charge on any atom is -0.441 e. The third kappa shape index (κ3) is 3.77. The van der Waals surface area contributed by atoms with Gasteiger partial charge in [-0.05, 0) is 38.0 Å². The molecule has 2 aromatic rings. The van der Waals surface area contributed by atoms with Crippen LogP contribution in [0.25, 0.3) is 11.5 Å². The molecule has 1 aliphatic heterocycles. The second kappa shape index (κ2) is 6.55. The maximum absolute atomic E-state index is 13.2. The van der Waals surface area contributed by atoms with Crippen molar-refractivity contribution in [3.05, 3.63) is 41.3 Å². The van der Waals surface area contributed by atoms with Crippen LogP contribution < -0.4 is 0 Å². The van der Waals surface area contributed by atoms with Gasteiger partial charge in [-0.2, -0.15) is 13.2 Å². The van der Waals surface area contributed by atoms with Gasteiger partial charge >= 0.3 is 6.18 Å². The zero-order valence-corrected chi connectivity index (χ0v) is 13.2. The molecule has 130 valence electrons. The predicted octanol–water partition coefficient (Wildman–Crippen LogP) is 4.60. The number of piperidine rings is 1. The van der Waals surface area contributed by atoms with Crippen molar-refractivity contribution in [2.45, 2.75) is 38.7 Å². The Bertz CT molecular complexity index is 703. The van der Waals surface area contributed by atoms with Crippen LogP contribution in [-0.2, 0) is 12.7 Å². The van der Waals surface area contributed by atoms with Gasteiger partial charge in [0.2, 0.25) is 5.89 Å². The summed E-state index contributed by atoms with van der Waals surface area (Å²) in [6.45, 7) is 3.54. The highest BCUT2D eigenvalue weighted by molar-refractivity contribution is 5.55. The number of hydrogen-bond acceptors (Lipinski definition) is 3. The van der Waals surface area contributed by atoms with Crippen LogP contribution in [0.15, 0.2) is 28.7 Å². The molecule has 0 radical (unpaired) electrons. The number of halogens is 4. The minimum atomic E-state index is -4.41. The lowest BCUT2D eigenvalue weighted by molar-refractivity contribution is -0.137. The molecule has 2 heterocycles. The molecule has 3 nitrogen and oxygen atoms in total. The van der Waals surface area contributed by atoms with Crippen molar-refractivity contribution in [1.29, 1.82) is 0 Å². The standard InChI is InChI=1S/C17H18F4N2O/c1-11-15(10-23-7-5-14(18)6-8-23)22-16(24-11)12-3-2-4-13(9-12)17(19,20)21/h2-4,9,14H,5-8,10H2,1H3. The van der Waals surface area contributed by atoms with Crippen LogP contribution in [0.5, 0.6) is 0 Å². The molecule has 0 N–H and O–H groups in total. The Morgan fingerprint density at radius 3 is 2.62 bits per heavy atom. The lowest BCUT2D eigenvalue weighted by Crippen LogP contribution is -2.34. The second-order valence-electron chi connectivity index (χ2n) is 6.05. The monoisotopic (exact) mass is 342 g/mol. The largest absolute Gasteiger partial charge is 0.441 e. The summed E-state index contributed by atoms with van der Waals surface area (Å²) in [5.41, 5.74) is 0.240. The van der Waals surface area contributed by atoms with E-state index in [0.29, 0.717) is 49.5 Å². The molecule has 0 saturated carbocycles. The number of hydrogen-bond donors (Lipinski definition) is 0. The first-order valence-electron chi connectivity index (χ1n) is 7.83. The third-order valence-corrected chi connectivity index (χ3v) is 4.22. The predicted molar refractivity (Wildman–Crippen MR) is 81.1 cm³/mol. The molecule has 1 aromatic carbocycles. The molecule has 0 amide bonds. The zero-order valence-electron chi connectivity index (χ0n) is 13.2. The summed E-state index contributed by atoms with van der Waals surface area (Å²) in [5.74, 6) is 0.749. The topological polar surface area (TPSA) is 29.3 Å². The summed E-state index contributed by atoms with van der Waals surface area (Å²) in [5, 5.41) is 0. The van der Waals surface area contributed by atoms with Crippen LogP contribution in [-0.4, -0.2) is 29.1 Å². The molecule has 24 heavy (non-hydrogen) atoms. The molecule has 1 fully saturated rings. The summed E-state index contributed by atoms with van der Waals surface area (Å²) in [4.78, 5) is 6.43. The van der Waals surface area contributed by atoms with Crippen molar-refractivity contribution in [3.8, 4) is 11.5 Å². The Balaban J connectivity index is 1.79. The SMILES string of the molecule is Cc1oc(-c2cccc(C(F)(F)F)c2)nc1CN1CCC(F)CC1. The van der Waals surface area contributed by atoms with Crippen molar-refractivity contribution < 1.29 is 22.0 Å². The van der Waals surface area contributed by atoms with E-state index in [9.17, 15) is 17.6 Å². The lowest BCUT2D eigenvalue weighted by Gasteiger charge is -2.27. The Morgan fingerprint density at radius 1 is 1.25 bits per heavy atom. The van der Waals surface area contributed by atoms with Gasteiger partial charge in [0, 0.05) is 25.2 Å². The van der Waals surface area contributed by atoms with Crippen LogP contribution in [0.1, 0.15) is 29.9 Å². The average molecular weight is 342 g/mol. The highest BCUT2D eigenvalue weighted by Gasteiger charge is 2.31. The number of aryl methyl sites for hydroxylation is 1. The maximum atomic E-state index is 13.2. The number of rotatable bonds is 3. The first-order valence-corrected chi connectivity index (χ1v) is 7.83. The highest BCUT2D eigenvalue weighted by atomic mass is 19.4. The molecule has 0 aliphatic carbocycles. The molecule has 3 rings (SSSR count). The Labute approximate surface area is 137 Å². The second-order valence-corrected chi connectivity index (χ2v) is 6.05.